The third kappa shape index (κ3) is 6.98. The van der Waals surface area contributed by atoms with Crippen molar-refractivity contribution in [1.29, 1.82) is 0 Å². The number of hydrogen-bond donors (Lipinski definition) is 2. The zero-order chi connectivity index (χ0) is 12.0. The van der Waals surface area contributed by atoms with Crippen LogP contribution in [0.3, 0.4) is 0 Å². The number of carbonyl (C=O) groups is 1. The molecule has 0 radical (unpaired) electrons. The minimum Gasteiger partial charge on any atom is -0.385 e. The van der Waals surface area contributed by atoms with Gasteiger partial charge in [0.05, 0.1) is 6.61 Å². The molecule has 0 amide bonds. The highest BCUT2D eigenvalue weighted by molar-refractivity contribution is 9.09. The van der Waals surface area contributed by atoms with Crippen LogP contribution in [0.1, 0.15) is 13.3 Å². The Balaban J connectivity index is 3.95. The van der Waals surface area contributed by atoms with Crippen LogP contribution in [-0.2, 0) is 13.9 Å². The van der Waals surface area contributed by atoms with Gasteiger partial charge >= 0.3 is 8.25 Å². The fourth-order valence-electron chi connectivity index (χ4n) is 0.863. The number of Topliss-reactive ketones (excluding diaryl/α,β-unsaturated/α-hetero) is 1. The third-order valence-electron chi connectivity index (χ3n) is 1.59. The molecule has 0 spiro atoms. The highest BCUT2D eigenvalue weighted by atomic mass is 79.9. The monoisotopic (exact) mass is 300 g/mol. The molecular weight excluding hydrogens is 287 g/mol. The molecule has 0 aliphatic rings. The fourth-order valence-corrected chi connectivity index (χ4v) is 1.94. The first-order chi connectivity index (χ1) is 6.84. The van der Waals surface area contributed by atoms with Crippen LogP contribution >= 0.6 is 24.2 Å². The molecule has 2 N–H and O–H groups in total. The summed E-state index contributed by atoms with van der Waals surface area (Å²) in [6.07, 6.45) is -1.04. The van der Waals surface area contributed by atoms with E-state index in [1.54, 1.807) is 0 Å². The van der Waals surface area contributed by atoms with Gasteiger partial charge in [-0.15, -0.1) is 0 Å². The van der Waals surface area contributed by atoms with Gasteiger partial charge < -0.3 is 14.5 Å². The van der Waals surface area contributed by atoms with Gasteiger partial charge in [0, 0.05) is 4.83 Å². The summed E-state index contributed by atoms with van der Waals surface area (Å²) in [7, 11) is -2.97. The van der Waals surface area contributed by atoms with E-state index in [-0.39, 0.29) is 23.4 Å². The van der Waals surface area contributed by atoms with Crippen molar-refractivity contribution in [2.75, 3.05) is 6.61 Å². The van der Waals surface area contributed by atoms with Crippen LogP contribution in [0.25, 0.3) is 0 Å². The number of aliphatic hydroxyl groups is 1. The largest absolute Gasteiger partial charge is 0.385 e. The Labute approximate surface area is 97.2 Å². The Bertz CT molecular complexity index is 268. The molecule has 3 atom stereocenters. The molecular formula is C8H14BrO5P. The van der Waals surface area contributed by atoms with Crippen molar-refractivity contribution in [2.24, 2.45) is 0 Å². The molecule has 0 bridgehead atoms. The summed E-state index contributed by atoms with van der Waals surface area (Å²) in [6, 6.07) is 0. The van der Waals surface area contributed by atoms with Gasteiger partial charge in [-0.1, -0.05) is 22.5 Å². The highest BCUT2D eigenvalue weighted by Crippen LogP contribution is 2.19. The van der Waals surface area contributed by atoms with E-state index in [1.165, 1.54) is 6.92 Å². The number of alkyl halides is 1. The van der Waals surface area contributed by atoms with Gasteiger partial charge in [-0.3, -0.25) is 9.36 Å². The number of hydrogen-bond acceptors (Lipinski definition) is 4. The van der Waals surface area contributed by atoms with E-state index in [2.05, 4.69) is 27.0 Å². The van der Waals surface area contributed by atoms with Crippen molar-refractivity contribution in [2.45, 2.75) is 24.3 Å². The lowest BCUT2D eigenvalue weighted by Gasteiger charge is -2.13. The Morgan fingerprint density at radius 3 is 2.60 bits per heavy atom. The third-order valence-corrected chi connectivity index (χ3v) is 2.64. The van der Waals surface area contributed by atoms with Crippen molar-refractivity contribution >= 4 is 30.0 Å². The van der Waals surface area contributed by atoms with Crippen LogP contribution in [0.15, 0.2) is 12.2 Å². The SMILES string of the molecule is C=C(C)C(=O)C(O)CC(Br)CO[PH](=O)O. The van der Waals surface area contributed by atoms with Crippen LogP contribution in [0, 0.1) is 0 Å². The fraction of sp³-hybridized carbons (Fsp3) is 0.625. The van der Waals surface area contributed by atoms with E-state index in [9.17, 15) is 14.5 Å². The van der Waals surface area contributed by atoms with Crippen molar-refractivity contribution in [3.63, 3.8) is 0 Å². The van der Waals surface area contributed by atoms with Crippen molar-refractivity contribution in [3.05, 3.63) is 12.2 Å². The van der Waals surface area contributed by atoms with Gasteiger partial charge in [-0.05, 0) is 18.9 Å². The van der Waals surface area contributed by atoms with E-state index in [4.69, 9.17) is 4.89 Å². The molecule has 0 aliphatic heterocycles. The van der Waals surface area contributed by atoms with Crippen LogP contribution < -0.4 is 0 Å². The second-order valence-electron chi connectivity index (χ2n) is 3.07. The summed E-state index contributed by atoms with van der Waals surface area (Å²) in [5.74, 6) is -0.434. The molecule has 0 fully saturated rings. The van der Waals surface area contributed by atoms with Crippen molar-refractivity contribution < 1.29 is 23.9 Å². The van der Waals surface area contributed by atoms with Crippen LogP contribution in [0.5, 0.6) is 0 Å². The molecule has 0 aromatic heterocycles. The Kier molecular flexibility index (Phi) is 7.30. The summed E-state index contributed by atoms with van der Waals surface area (Å²) >= 11 is 3.12. The van der Waals surface area contributed by atoms with E-state index in [0.29, 0.717) is 0 Å². The maximum absolute atomic E-state index is 11.2. The van der Waals surface area contributed by atoms with Crippen LogP contribution in [-0.4, -0.2) is 33.3 Å². The van der Waals surface area contributed by atoms with Gasteiger partial charge in [0.1, 0.15) is 6.10 Å². The Morgan fingerprint density at radius 1 is 1.67 bits per heavy atom. The minimum atomic E-state index is -2.97. The molecule has 0 aliphatic carbocycles. The second kappa shape index (κ2) is 7.30. The number of ketones is 1. The average molecular weight is 301 g/mol. The van der Waals surface area contributed by atoms with Crippen molar-refractivity contribution in [3.8, 4) is 0 Å². The normalized spacial score (nSPS) is 16.8. The highest BCUT2D eigenvalue weighted by Gasteiger charge is 2.19. The van der Waals surface area contributed by atoms with Gasteiger partial charge in [-0.2, -0.15) is 0 Å². The average Bonchev–Trinajstić information content (AvgIpc) is 2.13. The second-order valence-corrected chi connectivity index (χ2v) is 5.19. The molecule has 5 nitrogen and oxygen atoms in total. The molecule has 15 heavy (non-hydrogen) atoms. The lowest BCUT2D eigenvalue weighted by Crippen LogP contribution is -2.25. The predicted octanol–water partition coefficient (Wildman–Crippen LogP) is 1.04. The van der Waals surface area contributed by atoms with Gasteiger partial charge in [-0.25, -0.2) is 0 Å². The standard InChI is InChI=1S/C8H14BrO5P/c1-5(2)8(11)7(10)3-6(9)4-14-15(12)13/h6-7,10,15H,1,3-4H2,2H3,(H,12,13). The molecule has 7 heteroatoms. The molecule has 3 unspecified atom stereocenters. The summed E-state index contributed by atoms with van der Waals surface area (Å²) in [4.78, 5) is 19.2. The maximum atomic E-state index is 11.2. The summed E-state index contributed by atoms with van der Waals surface area (Å²) in [5, 5.41) is 9.40. The maximum Gasteiger partial charge on any atom is 0.316 e. The van der Waals surface area contributed by atoms with Gasteiger partial charge in [0.2, 0.25) is 0 Å². The Morgan fingerprint density at radius 2 is 2.20 bits per heavy atom. The van der Waals surface area contributed by atoms with Gasteiger partial charge in [0.15, 0.2) is 5.78 Å². The quantitative estimate of drug-likeness (QED) is 0.417. The molecule has 88 valence electrons. The van der Waals surface area contributed by atoms with Crippen molar-refractivity contribution in [1.82, 2.24) is 0 Å². The zero-order valence-electron chi connectivity index (χ0n) is 8.27. The predicted molar refractivity (Wildman–Crippen MR) is 60.3 cm³/mol. The first kappa shape index (κ1) is 15.0. The van der Waals surface area contributed by atoms with E-state index in [0.717, 1.165) is 0 Å². The smallest absolute Gasteiger partial charge is 0.316 e. The van der Waals surface area contributed by atoms with Crippen LogP contribution in [0.2, 0.25) is 0 Å². The summed E-state index contributed by atoms with van der Waals surface area (Å²) in [5.41, 5.74) is 0.277. The Hall–Kier alpha value is -0.000000000000000160. The molecule has 0 saturated carbocycles. The lowest BCUT2D eigenvalue weighted by atomic mass is 10.1. The van der Waals surface area contributed by atoms with E-state index in [1.807, 2.05) is 0 Å². The first-order valence-electron chi connectivity index (χ1n) is 4.22. The first-order valence-corrected chi connectivity index (χ1v) is 6.40. The van der Waals surface area contributed by atoms with E-state index >= 15 is 0 Å². The zero-order valence-corrected chi connectivity index (χ0v) is 10.9. The summed E-state index contributed by atoms with van der Waals surface area (Å²) in [6.45, 7) is 4.90. The number of aliphatic hydroxyl groups excluding tert-OH is 1. The molecule has 0 saturated heterocycles. The summed E-state index contributed by atoms with van der Waals surface area (Å²) < 4.78 is 14.7. The molecule has 0 rings (SSSR count). The van der Waals surface area contributed by atoms with E-state index < -0.39 is 20.1 Å². The van der Waals surface area contributed by atoms with Gasteiger partial charge in [0.25, 0.3) is 0 Å². The molecule has 0 aromatic rings. The topological polar surface area (TPSA) is 83.8 Å². The number of rotatable bonds is 7. The molecule has 0 aromatic carbocycles. The minimum absolute atomic E-state index is 0.0329. The lowest BCUT2D eigenvalue weighted by molar-refractivity contribution is -0.123. The number of carbonyl (C=O) groups excluding carboxylic acids is 1. The molecule has 0 heterocycles. The number of halogens is 1. The van der Waals surface area contributed by atoms with Crippen LogP contribution in [0.4, 0.5) is 0 Å².